The van der Waals surface area contributed by atoms with E-state index in [0.29, 0.717) is 24.1 Å². The van der Waals surface area contributed by atoms with Crippen molar-refractivity contribution in [3.05, 3.63) is 46.3 Å². The third-order valence-corrected chi connectivity index (χ3v) is 4.38. The SMILES string of the molecule is CCC1C=CCN1Cc1cc2cc(OC)c(OC)cc2[nH]c1=O. The van der Waals surface area contributed by atoms with Gasteiger partial charge in [0.25, 0.3) is 5.56 Å². The summed E-state index contributed by atoms with van der Waals surface area (Å²) in [7, 11) is 3.19. The van der Waals surface area contributed by atoms with Crippen molar-refractivity contribution < 1.29 is 9.47 Å². The summed E-state index contributed by atoms with van der Waals surface area (Å²) in [4.78, 5) is 17.7. The molecule has 1 aliphatic rings. The average molecular weight is 314 g/mol. The Morgan fingerprint density at radius 2 is 1.96 bits per heavy atom. The van der Waals surface area contributed by atoms with Crippen LogP contribution in [0.2, 0.25) is 0 Å². The molecule has 5 heteroatoms. The molecule has 122 valence electrons. The number of nitrogens with zero attached hydrogens (tertiary/aromatic N) is 1. The summed E-state index contributed by atoms with van der Waals surface area (Å²) in [5.41, 5.74) is 1.47. The van der Waals surface area contributed by atoms with Crippen molar-refractivity contribution in [2.24, 2.45) is 0 Å². The van der Waals surface area contributed by atoms with Crippen molar-refractivity contribution in [3.8, 4) is 11.5 Å². The van der Waals surface area contributed by atoms with Crippen LogP contribution in [0.25, 0.3) is 10.9 Å². The van der Waals surface area contributed by atoms with Gasteiger partial charge in [-0.2, -0.15) is 0 Å². The van der Waals surface area contributed by atoms with E-state index in [2.05, 4.69) is 29.0 Å². The topological polar surface area (TPSA) is 54.6 Å². The molecule has 0 aliphatic carbocycles. The van der Waals surface area contributed by atoms with Gasteiger partial charge in [0.2, 0.25) is 0 Å². The monoisotopic (exact) mass is 314 g/mol. The van der Waals surface area contributed by atoms with Crippen molar-refractivity contribution >= 4 is 10.9 Å². The second-order valence-electron chi connectivity index (χ2n) is 5.75. The van der Waals surface area contributed by atoms with Crippen LogP contribution < -0.4 is 15.0 Å². The molecule has 0 spiro atoms. The maximum absolute atomic E-state index is 12.4. The minimum Gasteiger partial charge on any atom is -0.493 e. The van der Waals surface area contributed by atoms with Gasteiger partial charge in [-0.15, -0.1) is 0 Å². The summed E-state index contributed by atoms with van der Waals surface area (Å²) in [6, 6.07) is 6.05. The summed E-state index contributed by atoms with van der Waals surface area (Å²) in [6.07, 6.45) is 5.42. The first kappa shape index (κ1) is 15.6. The van der Waals surface area contributed by atoms with Crippen LogP contribution in [0.4, 0.5) is 0 Å². The molecule has 3 rings (SSSR count). The van der Waals surface area contributed by atoms with Crippen LogP contribution in [-0.2, 0) is 6.54 Å². The van der Waals surface area contributed by atoms with Gasteiger partial charge >= 0.3 is 0 Å². The molecule has 1 aromatic heterocycles. The molecule has 1 aliphatic heterocycles. The number of benzene rings is 1. The fourth-order valence-corrected chi connectivity index (χ4v) is 3.10. The highest BCUT2D eigenvalue weighted by Crippen LogP contribution is 2.31. The predicted octanol–water partition coefficient (Wildman–Crippen LogP) is 2.70. The van der Waals surface area contributed by atoms with E-state index in [9.17, 15) is 4.79 Å². The fraction of sp³-hybridized carbons (Fsp3) is 0.389. The van der Waals surface area contributed by atoms with Crippen LogP contribution in [0.5, 0.6) is 11.5 Å². The van der Waals surface area contributed by atoms with E-state index in [0.717, 1.165) is 29.4 Å². The lowest BCUT2D eigenvalue weighted by Gasteiger charge is -2.23. The van der Waals surface area contributed by atoms with Crippen molar-refractivity contribution in [1.29, 1.82) is 0 Å². The number of fused-ring (bicyclic) bond motifs is 1. The van der Waals surface area contributed by atoms with E-state index in [1.54, 1.807) is 20.3 Å². The van der Waals surface area contributed by atoms with Crippen molar-refractivity contribution in [2.75, 3.05) is 20.8 Å². The smallest absolute Gasteiger partial charge is 0.252 e. The molecule has 23 heavy (non-hydrogen) atoms. The van der Waals surface area contributed by atoms with Gasteiger partial charge in [-0.1, -0.05) is 19.1 Å². The molecule has 0 saturated carbocycles. The molecule has 1 N–H and O–H groups in total. The summed E-state index contributed by atoms with van der Waals surface area (Å²) in [5, 5.41) is 0.942. The molecule has 5 nitrogen and oxygen atoms in total. The van der Waals surface area contributed by atoms with Crippen LogP contribution in [0, 0.1) is 0 Å². The Labute approximate surface area is 135 Å². The van der Waals surface area contributed by atoms with Gasteiger partial charge in [-0.25, -0.2) is 0 Å². The number of rotatable bonds is 5. The van der Waals surface area contributed by atoms with Gasteiger partial charge in [0, 0.05) is 36.1 Å². The number of hydrogen-bond acceptors (Lipinski definition) is 4. The highest BCUT2D eigenvalue weighted by atomic mass is 16.5. The summed E-state index contributed by atoms with van der Waals surface area (Å²) in [6.45, 7) is 3.70. The molecule has 1 unspecified atom stereocenters. The van der Waals surface area contributed by atoms with E-state index in [1.165, 1.54) is 0 Å². The Morgan fingerprint density at radius 3 is 2.65 bits per heavy atom. The molecule has 0 fully saturated rings. The lowest BCUT2D eigenvalue weighted by molar-refractivity contribution is 0.257. The summed E-state index contributed by atoms with van der Waals surface area (Å²) >= 11 is 0. The maximum Gasteiger partial charge on any atom is 0.252 e. The van der Waals surface area contributed by atoms with Gasteiger partial charge in [-0.05, 0) is 18.6 Å². The van der Waals surface area contributed by atoms with Crippen molar-refractivity contribution in [2.45, 2.75) is 25.9 Å². The third-order valence-electron chi connectivity index (χ3n) is 4.38. The Kier molecular flexibility index (Phi) is 4.39. The zero-order valence-corrected chi connectivity index (χ0v) is 13.8. The van der Waals surface area contributed by atoms with Gasteiger partial charge in [0.05, 0.1) is 19.7 Å². The molecule has 2 aromatic rings. The Hall–Kier alpha value is -2.27. The Bertz CT molecular complexity index is 795. The van der Waals surface area contributed by atoms with Gasteiger partial charge in [0.15, 0.2) is 11.5 Å². The molecule has 2 heterocycles. The summed E-state index contributed by atoms with van der Waals surface area (Å²) in [5.74, 6) is 1.27. The number of ether oxygens (including phenoxy) is 2. The number of H-pyrrole nitrogens is 1. The Balaban J connectivity index is 1.98. The molecule has 1 atom stereocenters. The molecule has 0 bridgehead atoms. The second-order valence-corrected chi connectivity index (χ2v) is 5.75. The van der Waals surface area contributed by atoms with Crippen LogP contribution in [-0.4, -0.2) is 36.7 Å². The quantitative estimate of drug-likeness (QED) is 0.862. The average Bonchev–Trinajstić information content (AvgIpc) is 3.01. The first-order valence-corrected chi connectivity index (χ1v) is 7.85. The van der Waals surface area contributed by atoms with E-state index in [-0.39, 0.29) is 5.56 Å². The standard InChI is InChI=1S/C18H22N2O3/c1-4-14-6-5-7-20(14)11-13-8-12-9-16(22-2)17(23-3)10-15(12)19-18(13)21/h5-6,8-10,14H,4,7,11H2,1-3H3,(H,19,21). The van der Waals surface area contributed by atoms with Crippen LogP contribution >= 0.6 is 0 Å². The van der Waals surface area contributed by atoms with Crippen LogP contribution in [0.3, 0.4) is 0 Å². The van der Waals surface area contributed by atoms with Gasteiger partial charge in [0.1, 0.15) is 0 Å². The summed E-state index contributed by atoms with van der Waals surface area (Å²) < 4.78 is 10.6. The highest BCUT2D eigenvalue weighted by Gasteiger charge is 2.19. The van der Waals surface area contributed by atoms with Gasteiger partial charge in [-0.3, -0.25) is 9.69 Å². The first-order valence-electron chi connectivity index (χ1n) is 7.85. The number of hydrogen-bond donors (Lipinski definition) is 1. The van der Waals surface area contributed by atoms with E-state index >= 15 is 0 Å². The molecular weight excluding hydrogens is 292 g/mol. The molecule has 0 saturated heterocycles. The highest BCUT2D eigenvalue weighted by molar-refractivity contribution is 5.83. The zero-order chi connectivity index (χ0) is 16.4. The molecular formula is C18H22N2O3. The number of nitrogens with one attached hydrogen (secondary N) is 1. The molecule has 0 amide bonds. The third kappa shape index (κ3) is 2.97. The Morgan fingerprint density at radius 1 is 1.22 bits per heavy atom. The zero-order valence-electron chi connectivity index (χ0n) is 13.8. The first-order chi connectivity index (χ1) is 11.2. The maximum atomic E-state index is 12.4. The second kappa shape index (κ2) is 6.46. The fourth-order valence-electron chi connectivity index (χ4n) is 3.10. The number of aromatic nitrogens is 1. The van der Waals surface area contributed by atoms with E-state index < -0.39 is 0 Å². The molecule has 0 radical (unpaired) electrons. The lowest BCUT2D eigenvalue weighted by Crippen LogP contribution is -2.31. The minimum atomic E-state index is -0.0496. The molecule has 1 aromatic carbocycles. The van der Waals surface area contributed by atoms with E-state index in [1.807, 2.05) is 12.1 Å². The lowest BCUT2D eigenvalue weighted by atomic mass is 10.1. The van der Waals surface area contributed by atoms with Crippen LogP contribution in [0.15, 0.2) is 35.1 Å². The largest absolute Gasteiger partial charge is 0.493 e. The number of pyridine rings is 1. The van der Waals surface area contributed by atoms with Crippen molar-refractivity contribution in [3.63, 3.8) is 0 Å². The van der Waals surface area contributed by atoms with Gasteiger partial charge < -0.3 is 14.5 Å². The predicted molar refractivity (Wildman–Crippen MR) is 91.3 cm³/mol. The number of methoxy groups -OCH3 is 2. The van der Waals surface area contributed by atoms with Crippen molar-refractivity contribution in [1.82, 2.24) is 9.88 Å². The number of aromatic amines is 1. The normalized spacial score (nSPS) is 17.8. The van der Waals surface area contributed by atoms with Crippen LogP contribution in [0.1, 0.15) is 18.9 Å². The minimum absolute atomic E-state index is 0.0496. The van der Waals surface area contributed by atoms with E-state index in [4.69, 9.17) is 9.47 Å².